The quantitative estimate of drug-likeness (QED) is 0.720. The van der Waals surface area contributed by atoms with Crippen molar-refractivity contribution < 1.29 is 0 Å². The van der Waals surface area contributed by atoms with Crippen molar-refractivity contribution in [1.29, 1.82) is 5.26 Å². The summed E-state index contributed by atoms with van der Waals surface area (Å²) in [7, 11) is 0. The second-order valence-electron chi connectivity index (χ2n) is 3.80. The molecule has 0 amide bonds. The van der Waals surface area contributed by atoms with Gasteiger partial charge in [-0.05, 0) is 18.9 Å². The molecule has 0 aliphatic carbocycles. The summed E-state index contributed by atoms with van der Waals surface area (Å²) in [6.07, 6.45) is 7.59. The van der Waals surface area contributed by atoms with Gasteiger partial charge in [0.2, 0.25) is 0 Å². The van der Waals surface area contributed by atoms with E-state index in [-0.39, 0.29) is 0 Å². The van der Waals surface area contributed by atoms with Crippen LogP contribution in [-0.2, 0) is 0 Å². The van der Waals surface area contributed by atoms with E-state index < -0.39 is 0 Å². The Kier molecular flexibility index (Phi) is 3.06. The number of nitrogens with one attached hydrogen (secondary N) is 1. The number of nitrogens with zero attached hydrogens (tertiary/aromatic N) is 3. The number of allylic oxidation sites excluding steroid dienone is 2. The highest BCUT2D eigenvalue weighted by atomic mass is 15.3. The molecule has 2 heterocycles. The highest BCUT2D eigenvalue weighted by Crippen LogP contribution is 2.24. The lowest BCUT2D eigenvalue weighted by molar-refractivity contribution is 0.436. The number of likely N-dealkylation sites (tertiary alicyclic amines) is 1. The van der Waals surface area contributed by atoms with Gasteiger partial charge >= 0.3 is 0 Å². The van der Waals surface area contributed by atoms with Crippen LogP contribution in [0.15, 0.2) is 40.8 Å². The Balaban J connectivity index is 2.30. The molecule has 0 aromatic rings. The zero-order valence-corrected chi connectivity index (χ0v) is 9.11. The highest BCUT2D eigenvalue weighted by molar-refractivity contribution is 5.75. The SMILES string of the molecule is C=C1C(N2CCCC2)=C/C=N\N/C=C\1C#N. The molecule has 2 rings (SSSR count). The largest absolute Gasteiger partial charge is 0.371 e. The van der Waals surface area contributed by atoms with Crippen LogP contribution in [0.2, 0.25) is 0 Å². The monoisotopic (exact) mass is 214 g/mol. The van der Waals surface area contributed by atoms with Crippen LogP contribution in [0, 0.1) is 11.3 Å². The topological polar surface area (TPSA) is 51.4 Å². The molecule has 2 aliphatic heterocycles. The van der Waals surface area contributed by atoms with Crippen molar-refractivity contribution in [1.82, 2.24) is 10.3 Å². The Morgan fingerprint density at radius 3 is 2.88 bits per heavy atom. The van der Waals surface area contributed by atoms with Crippen LogP contribution in [0.4, 0.5) is 0 Å². The average Bonchev–Trinajstić information content (AvgIpc) is 2.78. The van der Waals surface area contributed by atoms with Crippen molar-refractivity contribution >= 4 is 6.21 Å². The van der Waals surface area contributed by atoms with Gasteiger partial charge in [-0.1, -0.05) is 6.58 Å². The fraction of sp³-hybridized carbons (Fsp3) is 0.333. The minimum atomic E-state index is 0.537. The first-order valence-corrected chi connectivity index (χ1v) is 5.36. The predicted molar refractivity (Wildman–Crippen MR) is 63.4 cm³/mol. The molecule has 0 saturated carbocycles. The molecule has 1 fully saturated rings. The zero-order chi connectivity index (χ0) is 11.4. The van der Waals surface area contributed by atoms with Gasteiger partial charge in [0, 0.05) is 36.8 Å². The van der Waals surface area contributed by atoms with Gasteiger partial charge in [0.05, 0.1) is 5.57 Å². The Hall–Kier alpha value is -2.02. The van der Waals surface area contributed by atoms with Crippen LogP contribution in [0.1, 0.15) is 12.8 Å². The standard InChI is InChI=1S/C12H14N4/c1-10-11(8-13)9-15-14-5-4-12(10)16-6-2-3-7-16/h4-5,9,15H,1-3,6-7H2/b11-9-,12-4?,14-5-. The summed E-state index contributed by atoms with van der Waals surface area (Å²) in [6.45, 7) is 6.06. The van der Waals surface area contributed by atoms with E-state index >= 15 is 0 Å². The molecule has 16 heavy (non-hydrogen) atoms. The molecule has 0 aromatic heterocycles. The first-order valence-electron chi connectivity index (χ1n) is 5.36. The molecule has 0 unspecified atom stereocenters. The highest BCUT2D eigenvalue weighted by Gasteiger charge is 2.19. The lowest BCUT2D eigenvalue weighted by Gasteiger charge is -2.23. The van der Waals surface area contributed by atoms with Crippen molar-refractivity contribution in [2.24, 2.45) is 5.10 Å². The minimum Gasteiger partial charge on any atom is -0.371 e. The van der Waals surface area contributed by atoms with E-state index in [1.807, 2.05) is 6.08 Å². The first kappa shape index (κ1) is 10.5. The van der Waals surface area contributed by atoms with Crippen molar-refractivity contribution in [2.75, 3.05) is 13.1 Å². The smallest absolute Gasteiger partial charge is 0.101 e. The van der Waals surface area contributed by atoms with Gasteiger partial charge in [0.1, 0.15) is 6.07 Å². The van der Waals surface area contributed by atoms with Gasteiger partial charge in [0.25, 0.3) is 0 Å². The molecule has 0 radical (unpaired) electrons. The van der Waals surface area contributed by atoms with Crippen molar-refractivity contribution in [3.05, 3.63) is 35.7 Å². The van der Waals surface area contributed by atoms with Crippen molar-refractivity contribution in [3.63, 3.8) is 0 Å². The summed E-state index contributed by atoms with van der Waals surface area (Å²) in [6, 6.07) is 2.13. The normalized spacial score (nSPS) is 25.7. The summed E-state index contributed by atoms with van der Waals surface area (Å²) in [5.74, 6) is 0. The minimum absolute atomic E-state index is 0.537. The van der Waals surface area contributed by atoms with Gasteiger partial charge in [-0.25, -0.2) is 0 Å². The third kappa shape index (κ3) is 1.98. The fourth-order valence-electron chi connectivity index (χ4n) is 1.93. The molecule has 4 nitrogen and oxygen atoms in total. The maximum absolute atomic E-state index is 9.02. The van der Waals surface area contributed by atoms with E-state index in [9.17, 15) is 0 Å². The predicted octanol–water partition coefficient (Wildman–Crippen LogP) is 1.52. The number of hydrogen-bond acceptors (Lipinski definition) is 4. The molecule has 0 spiro atoms. The molecule has 0 atom stereocenters. The molecular formula is C12H14N4. The van der Waals surface area contributed by atoms with Crippen molar-refractivity contribution in [3.8, 4) is 6.07 Å². The Labute approximate surface area is 95.2 Å². The molecule has 4 heteroatoms. The average molecular weight is 214 g/mol. The van der Waals surface area contributed by atoms with Crippen LogP contribution in [0.3, 0.4) is 0 Å². The van der Waals surface area contributed by atoms with Crippen LogP contribution in [0.5, 0.6) is 0 Å². The molecule has 2 aliphatic rings. The van der Waals surface area contributed by atoms with Gasteiger partial charge in [-0.3, -0.25) is 5.43 Å². The van der Waals surface area contributed by atoms with E-state index in [2.05, 4.69) is 28.1 Å². The molecule has 1 N–H and O–H groups in total. The van der Waals surface area contributed by atoms with E-state index in [0.717, 1.165) is 24.4 Å². The van der Waals surface area contributed by atoms with E-state index in [1.165, 1.54) is 12.8 Å². The maximum atomic E-state index is 9.02. The van der Waals surface area contributed by atoms with Gasteiger partial charge in [0.15, 0.2) is 0 Å². The summed E-state index contributed by atoms with van der Waals surface area (Å²) in [5, 5.41) is 13.0. The molecule has 0 bridgehead atoms. The summed E-state index contributed by atoms with van der Waals surface area (Å²) < 4.78 is 0. The second kappa shape index (κ2) is 4.67. The van der Waals surface area contributed by atoms with Crippen LogP contribution >= 0.6 is 0 Å². The van der Waals surface area contributed by atoms with Gasteiger partial charge < -0.3 is 4.90 Å². The van der Waals surface area contributed by atoms with Gasteiger partial charge in [-0.2, -0.15) is 10.4 Å². The lowest BCUT2D eigenvalue weighted by Crippen LogP contribution is -2.21. The Bertz CT molecular complexity index is 417. The summed E-state index contributed by atoms with van der Waals surface area (Å²) >= 11 is 0. The van der Waals surface area contributed by atoms with E-state index in [0.29, 0.717) is 5.57 Å². The fourth-order valence-corrected chi connectivity index (χ4v) is 1.93. The summed E-state index contributed by atoms with van der Waals surface area (Å²) in [5.41, 5.74) is 5.00. The third-order valence-corrected chi connectivity index (χ3v) is 2.79. The maximum Gasteiger partial charge on any atom is 0.101 e. The number of nitriles is 1. The molecular weight excluding hydrogens is 200 g/mol. The first-order chi connectivity index (χ1) is 7.83. The Morgan fingerprint density at radius 2 is 2.19 bits per heavy atom. The van der Waals surface area contributed by atoms with Gasteiger partial charge in [-0.15, -0.1) is 0 Å². The lowest BCUT2D eigenvalue weighted by atomic mass is 10.1. The Morgan fingerprint density at radius 1 is 1.44 bits per heavy atom. The third-order valence-electron chi connectivity index (χ3n) is 2.79. The molecule has 1 saturated heterocycles. The molecule has 0 aromatic carbocycles. The van der Waals surface area contributed by atoms with Crippen LogP contribution in [-0.4, -0.2) is 24.2 Å². The van der Waals surface area contributed by atoms with Crippen molar-refractivity contribution in [2.45, 2.75) is 12.8 Å². The number of hydrogen-bond donors (Lipinski definition) is 1. The summed E-state index contributed by atoms with van der Waals surface area (Å²) in [4.78, 5) is 2.25. The van der Waals surface area contributed by atoms with E-state index in [4.69, 9.17) is 5.26 Å². The molecule has 82 valence electrons. The van der Waals surface area contributed by atoms with E-state index in [1.54, 1.807) is 12.4 Å². The van der Waals surface area contributed by atoms with Crippen LogP contribution < -0.4 is 5.43 Å². The number of hydrazone groups is 1. The second-order valence-corrected chi connectivity index (χ2v) is 3.80. The zero-order valence-electron chi connectivity index (χ0n) is 9.11. The number of rotatable bonds is 1. The van der Waals surface area contributed by atoms with Crippen LogP contribution in [0.25, 0.3) is 0 Å².